The molecule has 0 aromatic carbocycles. The minimum Gasteiger partial charge on any atom is -0.207 e. The molecule has 0 unspecified atom stereocenters. The van der Waals surface area contributed by atoms with E-state index in [1.807, 2.05) is 6.92 Å². The summed E-state index contributed by atoms with van der Waals surface area (Å²) < 4.78 is 24.8. The Morgan fingerprint density at radius 1 is 1.56 bits per heavy atom. The van der Waals surface area contributed by atoms with Crippen LogP contribution >= 0.6 is 0 Å². The van der Waals surface area contributed by atoms with E-state index < -0.39 is 5.92 Å². The summed E-state index contributed by atoms with van der Waals surface area (Å²) in [4.78, 5) is 0. The molecule has 1 rings (SSSR count). The summed E-state index contributed by atoms with van der Waals surface area (Å²) >= 11 is 0. The highest BCUT2D eigenvalue weighted by Gasteiger charge is 2.38. The van der Waals surface area contributed by atoms with Crippen molar-refractivity contribution in [1.29, 1.82) is 0 Å². The van der Waals surface area contributed by atoms with Gasteiger partial charge in [0, 0.05) is 12.8 Å². The molecule has 2 heteroatoms. The third kappa shape index (κ3) is 1.63. The lowest BCUT2D eigenvalue weighted by Gasteiger charge is -2.06. The largest absolute Gasteiger partial charge is 0.248 e. The molecule has 54 valence electrons. The number of hydrogen-bond acceptors (Lipinski definition) is 0. The van der Waals surface area contributed by atoms with Crippen LogP contribution in [0.2, 0.25) is 0 Å². The van der Waals surface area contributed by atoms with E-state index in [1.54, 1.807) is 0 Å². The van der Waals surface area contributed by atoms with E-state index in [0.717, 1.165) is 12.8 Å². The van der Waals surface area contributed by atoms with Crippen LogP contribution in [0.5, 0.6) is 0 Å². The van der Waals surface area contributed by atoms with Crippen LogP contribution in [0.4, 0.5) is 8.78 Å². The first-order chi connectivity index (χ1) is 4.14. The standard InChI is InChI=1S/C7H12F2/c1-2-6-3-4-7(8,9)5-6/h6H,2-5H2,1H3/t6-/m0/s1. The van der Waals surface area contributed by atoms with Crippen molar-refractivity contribution in [1.82, 2.24) is 0 Å². The molecule has 0 aliphatic heterocycles. The average Bonchev–Trinajstić information content (AvgIpc) is 2.10. The zero-order chi connectivity index (χ0) is 6.91. The van der Waals surface area contributed by atoms with Gasteiger partial charge >= 0.3 is 0 Å². The van der Waals surface area contributed by atoms with Crippen molar-refractivity contribution < 1.29 is 8.78 Å². The van der Waals surface area contributed by atoms with E-state index in [9.17, 15) is 8.78 Å². The highest BCUT2D eigenvalue weighted by Crippen LogP contribution is 2.39. The summed E-state index contributed by atoms with van der Waals surface area (Å²) in [6.45, 7) is 1.98. The average molecular weight is 134 g/mol. The van der Waals surface area contributed by atoms with Crippen LogP contribution in [-0.2, 0) is 0 Å². The maximum atomic E-state index is 12.4. The van der Waals surface area contributed by atoms with Gasteiger partial charge in [0.05, 0.1) is 0 Å². The van der Waals surface area contributed by atoms with Gasteiger partial charge in [-0.15, -0.1) is 0 Å². The molecule has 9 heavy (non-hydrogen) atoms. The van der Waals surface area contributed by atoms with E-state index in [1.165, 1.54) is 0 Å². The molecule has 0 aromatic heterocycles. The third-order valence-electron chi connectivity index (χ3n) is 2.08. The first-order valence-corrected chi connectivity index (χ1v) is 3.52. The second kappa shape index (κ2) is 2.24. The first-order valence-electron chi connectivity index (χ1n) is 3.52. The Bertz CT molecular complexity index is 99.1. The molecule has 0 N–H and O–H groups in total. The van der Waals surface area contributed by atoms with Gasteiger partial charge in [0.1, 0.15) is 0 Å². The zero-order valence-corrected chi connectivity index (χ0v) is 5.66. The van der Waals surface area contributed by atoms with E-state index >= 15 is 0 Å². The second-order valence-corrected chi connectivity index (χ2v) is 2.87. The summed E-state index contributed by atoms with van der Waals surface area (Å²) in [6.07, 6.45) is 1.88. The SMILES string of the molecule is CC[C@H]1CCC(F)(F)C1. The molecule has 0 saturated heterocycles. The minimum absolute atomic E-state index is 0.117. The Hall–Kier alpha value is -0.140. The fourth-order valence-corrected chi connectivity index (χ4v) is 1.39. The fourth-order valence-electron chi connectivity index (χ4n) is 1.39. The highest BCUT2D eigenvalue weighted by atomic mass is 19.3. The third-order valence-corrected chi connectivity index (χ3v) is 2.08. The normalized spacial score (nSPS) is 33.0. The molecule has 1 aliphatic rings. The Kier molecular flexibility index (Phi) is 1.73. The quantitative estimate of drug-likeness (QED) is 0.517. The summed E-state index contributed by atoms with van der Waals surface area (Å²) in [5.74, 6) is -2.04. The molecular weight excluding hydrogens is 122 g/mol. The number of halogens is 2. The molecule has 1 saturated carbocycles. The van der Waals surface area contributed by atoms with Gasteiger partial charge in [-0.1, -0.05) is 13.3 Å². The summed E-state index contributed by atoms with van der Waals surface area (Å²) in [5, 5.41) is 0. The number of alkyl halides is 2. The molecule has 0 nitrogen and oxygen atoms in total. The van der Waals surface area contributed by atoms with E-state index in [4.69, 9.17) is 0 Å². The van der Waals surface area contributed by atoms with Crippen molar-refractivity contribution in [3.05, 3.63) is 0 Å². The van der Waals surface area contributed by atoms with Crippen LogP contribution in [0.25, 0.3) is 0 Å². The predicted octanol–water partition coefficient (Wildman–Crippen LogP) is 2.83. The molecule has 0 amide bonds. The molecule has 1 aliphatic carbocycles. The minimum atomic E-state index is -2.33. The maximum Gasteiger partial charge on any atom is 0.248 e. The lowest BCUT2D eigenvalue weighted by molar-refractivity contribution is 0.00491. The lowest BCUT2D eigenvalue weighted by atomic mass is 10.1. The van der Waals surface area contributed by atoms with Crippen molar-refractivity contribution in [3.63, 3.8) is 0 Å². The topological polar surface area (TPSA) is 0 Å². The van der Waals surface area contributed by atoms with E-state index in [-0.39, 0.29) is 12.8 Å². The molecule has 0 heterocycles. The second-order valence-electron chi connectivity index (χ2n) is 2.87. The number of hydrogen-bond donors (Lipinski definition) is 0. The summed E-state index contributed by atoms with van der Waals surface area (Å²) in [7, 11) is 0. The van der Waals surface area contributed by atoms with Crippen LogP contribution in [0, 0.1) is 5.92 Å². The van der Waals surface area contributed by atoms with Gasteiger partial charge < -0.3 is 0 Å². The summed E-state index contributed by atoms with van der Waals surface area (Å²) in [6, 6.07) is 0. The molecule has 1 fully saturated rings. The summed E-state index contributed by atoms with van der Waals surface area (Å²) in [5.41, 5.74) is 0. The van der Waals surface area contributed by atoms with Crippen LogP contribution in [0.3, 0.4) is 0 Å². The predicted molar refractivity (Wildman–Crippen MR) is 32.6 cm³/mol. The van der Waals surface area contributed by atoms with Crippen molar-refractivity contribution in [2.45, 2.75) is 38.5 Å². The lowest BCUT2D eigenvalue weighted by Crippen LogP contribution is -2.09. The molecule has 0 radical (unpaired) electrons. The van der Waals surface area contributed by atoms with Crippen molar-refractivity contribution >= 4 is 0 Å². The van der Waals surface area contributed by atoms with Gasteiger partial charge in [-0.3, -0.25) is 0 Å². The van der Waals surface area contributed by atoms with Crippen molar-refractivity contribution in [2.75, 3.05) is 0 Å². The van der Waals surface area contributed by atoms with Crippen molar-refractivity contribution in [2.24, 2.45) is 5.92 Å². The monoisotopic (exact) mass is 134 g/mol. The Balaban J connectivity index is 2.38. The van der Waals surface area contributed by atoms with Gasteiger partial charge in [0.25, 0.3) is 0 Å². The van der Waals surface area contributed by atoms with Crippen LogP contribution in [0.15, 0.2) is 0 Å². The molecule has 0 spiro atoms. The number of rotatable bonds is 1. The van der Waals surface area contributed by atoms with Crippen LogP contribution in [0.1, 0.15) is 32.6 Å². The van der Waals surface area contributed by atoms with Crippen LogP contribution in [-0.4, -0.2) is 5.92 Å². The molecule has 1 atom stereocenters. The fraction of sp³-hybridized carbons (Fsp3) is 1.00. The zero-order valence-electron chi connectivity index (χ0n) is 5.66. The smallest absolute Gasteiger partial charge is 0.207 e. The van der Waals surface area contributed by atoms with Gasteiger partial charge in [-0.25, -0.2) is 8.78 Å². The van der Waals surface area contributed by atoms with Crippen molar-refractivity contribution in [3.8, 4) is 0 Å². The van der Waals surface area contributed by atoms with Gasteiger partial charge in [-0.05, 0) is 12.3 Å². The molecule has 0 bridgehead atoms. The van der Waals surface area contributed by atoms with Gasteiger partial charge in [-0.2, -0.15) is 0 Å². The Morgan fingerprint density at radius 3 is 2.44 bits per heavy atom. The molecule has 0 aromatic rings. The van der Waals surface area contributed by atoms with Crippen LogP contribution < -0.4 is 0 Å². The highest BCUT2D eigenvalue weighted by molar-refractivity contribution is 4.79. The first kappa shape index (κ1) is 6.97. The van der Waals surface area contributed by atoms with E-state index in [2.05, 4.69) is 0 Å². The Morgan fingerprint density at radius 2 is 2.22 bits per heavy atom. The molecular formula is C7H12F2. The Labute approximate surface area is 54.3 Å². The van der Waals surface area contributed by atoms with E-state index in [0.29, 0.717) is 5.92 Å². The van der Waals surface area contributed by atoms with Gasteiger partial charge in [0.2, 0.25) is 5.92 Å². The van der Waals surface area contributed by atoms with Gasteiger partial charge in [0.15, 0.2) is 0 Å². The maximum absolute atomic E-state index is 12.4.